The SMILES string of the molecule is CN=C(NCc1ccc(Cn2ccccc2=O)cc1)NCC1CC1.I. The molecule has 0 atom stereocenters. The highest BCUT2D eigenvalue weighted by Crippen LogP contribution is 2.27. The fourth-order valence-corrected chi connectivity index (χ4v) is 2.52. The van der Waals surface area contributed by atoms with Crippen LogP contribution in [0.4, 0.5) is 0 Å². The molecule has 0 spiro atoms. The highest BCUT2D eigenvalue weighted by molar-refractivity contribution is 14.0. The zero-order valence-corrected chi connectivity index (χ0v) is 16.8. The van der Waals surface area contributed by atoms with Crippen LogP contribution in [-0.4, -0.2) is 24.1 Å². The van der Waals surface area contributed by atoms with Crippen LogP contribution in [0.1, 0.15) is 24.0 Å². The van der Waals surface area contributed by atoms with E-state index in [9.17, 15) is 4.79 Å². The van der Waals surface area contributed by atoms with Crippen molar-refractivity contribution < 1.29 is 0 Å². The van der Waals surface area contributed by atoms with E-state index in [1.807, 2.05) is 12.3 Å². The molecule has 2 aromatic rings. The fraction of sp³-hybridized carbons (Fsp3) is 0.368. The molecule has 0 amide bonds. The van der Waals surface area contributed by atoms with E-state index in [0.29, 0.717) is 6.54 Å². The van der Waals surface area contributed by atoms with Gasteiger partial charge >= 0.3 is 0 Å². The van der Waals surface area contributed by atoms with Gasteiger partial charge in [0.15, 0.2) is 5.96 Å². The fourth-order valence-electron chi connectivity index (χ4n) is 2.52. The molecular formula is C19H25IN4O. The van der Waals surface area contributed by atoms with Gasteiger partial charge in [0.2, 0.25) is 0 Å². The molecule has 0 unspecified atom stereocenters. The molecule has 0 bridgehead atoms. The minimum atomic E-state index is 0. The number of hydrogen-bond donors (Lipinski definition) is 2. The summed E-state index contributed by atoms with van der Waals surface area (Å²) in [6.07, 6.45) is 4.47. The predicted molar refractivity (Wildman–Crippen MR) is 113 cm³/mol. The molecule has 2 N–H and O–H groups in total. The summed E-state index contributed by atoms with van der Waals surface area (Å²) < 4.78 is 1.71. The molecule has 0 saturated heterocycles. The number of aromatic nitrogens is 1. The van der Waals surface area contributed by atoms with E-state index in [1.54, 1.807) is 23.7 Å². The average Bonchev–Trinajstić information content (AvgIpc) is 3.43. The molecule has 6 heteroatoms. The molecule has 1 saturated carbocycles. The Morgan fingerprint density at radius 2 is 1.84 bits per heavy atom. The molecule has 1 aromatic carbocycles. The van der Waals surface area contributed by atoms with Crippen molar-refractivity contribution in [3.8, 4) is 0 Å². The first kappa shape index (κ1) is 19.5. The number of aliphatic imine (C=N–C) groups is 1. The molecule has 25 heavy (non-hydrogen) atoms. The number of guanidine groups is 1. The maximum absolute atomic E-state index is 11.7. The second-order valence-electron chi connectivity index (χ2n) is 6.23. The second-order valence-corrected chi connectivity index (χ2v) is 6.23. The summed E-state index contributed by atoms with van der Waals surface area (Å²) in [6, 6.07) is 13.5. The Morgan fingerprint density at radius 3 is 2.48 bits per heavy atom. The lowest BCUT2D eigenvalue weighted by Crippen LogP contribution is -2.37. The van der Waals surface area contributed by atoms with Gasteiger partial charge in [0.05, 0.1) is 6.54 Å². The minimum absolute atomic E-state index is 0. The molecule has 1 heterocycles. The maximum Gasteiger partial charge on any atom is 0.250 e. The first-order valence-electron chi connectivity index (χ1n) is 8.42. The molecule has 0 aliphatic heterocycles. The van der Waals surface area contributed by atoms with Gasteiger partial charge in [-0.2, -0.15) is 0 Å². The van der Waals surface area contributed by atoms with Crippen molar-refractivity contribution in [2.75, 3.05) is 13.6 Å². The lowest BCUT2D eigenvalue weighted by molar-refractivity contribution is 0.736. The molecule has 3 rings (SSSR count). The van der Waals surface area contributed by atoms with Crippen LogP contribution in [0.15, 0.2) is 58.4 Å². The Balaban J connectivity index is 0.00000225. The van der Waals surface area contributed by atoms with Gasteiger partial charge in [-0.3, -0.25) is 9.79 Å². The number of rotatable bonds is 6. The van der Waals surface area contributed by atoms with Crippen molar-refractivity contribution in [1.82, 2.24) is 15.2 Å². The standard InChI is InChI=1S/C19H24N4O.HI/c1-20-19(21-12-15-5-6-15)22-13-16-7-9-17(10-8-16)14-23-11-3-2-4-18(23)24;/h2-4,7-11,15H,5-6,12-14H2,1H3,(H2,20,21,22);1H. The molecule has 1 aliphatic carbocycles. The molecule has 5 nitrogen and oxygen atoms in total. The summed E-state index contributed by atoms with van der Waals surface area (Å²) in [6.45, 7) is 2.33. The topological polar surface area (TPSA) is 58.4 Å². The number of benzene rings is 1. The van der Waals surface area contributed by atoms with Crippen LogP contribution in [0.5, 0.6) is 0 Å². The summed E-state index contributed by atoms with van der Waals surface area (Å²) in [5.74, 6) is 1.67. The third-order valence-corrected chi connectivity index (χ3v) is 4.21. The average molecular weight is 452 g/mol. The van der Waals surface area contributed by atoms with Gasteiger partial charge in [-0.15, -0.1) is 24.0 Å². The third kappa shape index (κ3) is 6.19. The second kappa shape index (κ2) is 9.60. The quantitative estimate of drug-likeness (QED) is 0.403. The van der Waals surface area contributed by atoms with Gasteiger partial charge in [-0.1, -0.05) is 30.3 Å². The Kier molecular flexibility index (Phi) is 7.49. The number of nitrogens with zero attached hydrogens (tertiary/aromatic N) is 2. The van der Waals surface area contributed by atoms with Crippen LogP contribution in [0.25, 0.3) is 0 Å². The van der Waals surface area contributed by atoms with Crippen molar-refractivity contribution in [3.63, 3.8) is 0 Å². The van der Waals surface area contributed by atoms with Crippen LogP contribution < -0.4 is 16.2 Å². The summed E-state index contributed by atoms with van der Waals surface area (Å²) in [5.41, 5.74) is 2.32. The normalized spacial score (nSPS) is 13.9. The number of hydrogen-bond acceptors (Lipinski definition) is 2. The van der Waals surface area contributed by atoms with E-state index in [2.05, 4.69) is 39.9 Å². The highest BCUT2D eigenvalue weighted by Gasteiger charge is 2.20. The minimum Gasteiger partial charge on any atom is -0.356 e. The summed E-state index contributed by atoms with van der Waals surface area (Å²) in [5, 5.41) is 6.68. The zero-order valence-electron chi connectivity index (χ0n) is 14.4. The van der Waals surface area contributed by atoms with Gasteiger partial charge in [-0.25, -0.2) is 0 Å². The van der Waals surface area contributed by atoms with E-state index < -0.39 is 0 Å². The van der Waals surface area contributed by atoms with E-state index in [1.165, 1.54) is 18.4 Å². The van der Waals surface area contributed by atoms with E-state index in [0.717, 1.165) is 30.5 Å². The van der Waals surface area contributed by atoms with Crippen LogP contribution >= 0.6 is 24.0 Å². The monoisotopic (exact) mass is 452 g/mol. The predicted octanol–water partition coefficient (Wildman–Crippen LogP) is 2.59. The molecule has 134 valence electrons. The summed E-state index contributed by atoms with van der Waals surface area (Å²) in [4.78, 5) is 16.0. The Morgan fingerprint density at radius 1 is 1.12 bits per heavy atom. The van der Waals surface area contributed by atoms with Crippen molar-refractivity contribution in [2.45, 2.75) is 25.9 Å². The smallest absolute Gasteiger partial charge is 0.250 e. The molecule has 1 aromatic heterocycles. The molecule has 1 aliphatic rings. The van der Waals surface area contributed by atoms with Crippen LogP contribution in [-0.2, 0) is 13.1 Å². The van der Waals surface area contributed by atoms with Gasteiger partial charge in [-0.05, 0) is 36.0 Å². The van der Waals surface area contributed by atoms with E-state index in [-0.39, 0.29) is 29.5 Å². The summed E-state index contributed by atoms with van der Waals surface area (Å²) >= 11 is 0. The van der Waals surface area contributed by atoms with E-state index in [4.69, 9.17) is 0 Å². The van der Waals surface area contributed by atoms with Crippen molar-refractivity contribution >= 4 is 29.9 Å². The third-order valence-electron chi connectivity index (χ3n) is 4.21. The Bertz CT molecular complexity index is 751. The molecular weight excluding hydrogens is 427 g/mol. The van der Waals surface area contributed by atoms with Crippen LogP contribution in [0.2, 0.25) is 0 Å². The first-order chi connectivity index (χ1) is 11.7. The maximum atomic E-state index is 11.7. The molecule has 0 radical (unpaired) electrons. The van der Waals surface area contributed by atoms with Crippen molar-refractivity contribution in [2.24, 2.45) is 10.9 Å². The lowest BCUT2D eigenvalue weighted by atomic mass is 10.1. The lowest BCUT2D eigenvalue weighted by Gasteiger charge is -2.12. The Hall–Kier alpha value is -1.83. The largest absolute Gasteiger partial charge is 0.356 e. The summed E-state index contributed by atoms with van der Waals surface area (Å²) in [7, 11) is 1.79. The van der Waals surface area contributed by atoms with Crippen molar-refractivity contribution in [3.05, 3.63) is 70.1 Å². The zero-order chi connectivity index (χ0) is 16.8. The Labute approximate surface area is 165 Å². The highest BCUT2D eigenvalue weighted by atomic mass is 127. The van der Waals surface area contributed by atoms with Gasteiger partial charge in [0.25, 0.3) is 5.56 Å². The number of halogens is 1. The number of nitrogens with one attached hydrogen (secondary N) is 2. The van der Waals surface area contributed by atoms with Crippen molar-refractivity contribution in [1.29, 1.82) is 0 Å². The van der Waals surface area contributed by atoms with Gasteiger partial charge in [0.1, 0.15) is 0 Å². The van der Waals surface area contributed by atoms with Crippen LogP contribution in [0, 0.1) is 5.92 Å². The number of pyridine rings is 1. The molecule has 1 fully saturated rings. The van der Waals surface area contributed by atoms with Gasteiger partial charge < -0.3 is 15.2 Å². The van der Waals surface area contributed by atoms with Crippen LogP contribution in [0.3, 0.4) is 0 Å². The first-order valence-corrected chi connectivity index (χ1v) is 8.42. The van der Waals surface area contributed by atoms with E-state index >= 15 is 0 Å². The van der Waals surface area contributed by atoms with Gasteiger partial charge in [0, 0.05) is 32.4 Å².